The minimum absolute atomic E-state index is 0.0188. The highest BCUT2D eigenvalue weighted by atomic mass is 16.5. The van der Waals surface area contributed by atoms with Crippen LogP contribution in [0, 0.1) is 5.92 Å². The molecule has 5 heteroatoms. The summed E-state index contributed by atoms with van der Waals surface area (Å²) in [5.74, 6) is 2.23. The molecule has 40 heavy (non-hydrogen) atoms. The first kappa shape index (κ1) is 34.2. The number of carbonyl (C=O) groups is 1. The van der Waals surface area contributed by atoms with Gasteiger partial charge in [0.2, 0.25) is 5.91 Å². The number of unbranched alkanes of at least 4 members (excludes halogenated alkanes) is 10. The van der Waals surface area contributed by atoms with E-state index in [1.807, 2.05) is 24.3 Å². The molecule has 0 radical (unpaired) electrons. The van der Waals surface area contributed by atoms with Gasteiger partial charge in [-0.15, -0.1) is 0 Å². The fraction of sp³-hybridized carbons (Fsp3) is 0.743. The van der Waals surface area contributed by atoms with Crippen molar-refractivity contribution in [1.29, 1.82) is 0 Å². The fourth-order valence-corrected chi connectivity index (χ4v) is 5.58. The predicted octanol–water partition coefficient (Wildman–Crippen LogP) is 8.81. The maximum absolute atomic E-state index is 12.4. The number of ether oxygens (including phenoxy) is 2. The van der Waals surface area contributed by atoms with Crippen LogP contribution in [0.4, 0.5) is 0 Å². The Kier molecular flexibility index (Phi) is 18.5. The molecule has 228 valence electrons. The summed E-state index contributed by atoms with van der Waals surface area (Å²) in [7, 11) is 1.68. The minimum Gasteiger partial charge on any atom is -0.493 e. The van der Waals surface area contributed by atoms with Crippen LogP contribution in [-0.2, 0) is 4.79 Å². The van der Waals surface area contributed by atoms with Gasteiger partial charge in [-0.2, -0.15) is 0 Å². The molecule has 0 aromatic heterocycles. The Morgan fingerprint density at radius 1 is 0.850 bits per heavy atom. The Morgan fingerprint density at radius 3 is 2.05 bits per heavy atom. The molecule has 0 bridgehead atoms. The highest BCUT2D eigenvalue weighted by Crippen LogP contribution is 2.29. The second kappa shape index (κ2) is 21.7. The molecule has 0 atom stereocenters. The van der Waals surface area contributed by atoms with Crippen molar-refractivity contribution in [2.75, 3.05) is 33.4 Å². The van der Waals surface area contributed by atoms with Crippen molar-refractivity contribution in [2.45, 2.75) is 130 Å². The van der Waals surface area contributed by atoms with Crippen molar-refractivity contribution >= 4 is 12.0 Å². The van der Waals surface area contributed by atoms with Crippen LogP contribution in [-0.4, -0.2) is 50.2 Å². The van der Waals surface area contributed by atoms with Crippen LogP contribution in [0.25, 0.3) is 6.08 Å². The van der Waals surface area contributed by atoms with E-state index in [4.69, 9.17) is 9.47 Å². The van der Waals surface area contributed by atoms with Gasteiger partial charge >= 0.3 is 0 Å². The summed E-state index contributed by atoms with van der Waals surface area (Å²) >= 11 is 0. The summed E-state index contributed by atoms with van der Waals surface area (Å²) in [4.78, 5) is 15.0. The van der Waals surface area contributed by atoms with E-state index in [9.17, 15) is 4.79 Å². The zero-order valence-corrected chi connectivity index (χ0v) is 26.4. The Bertz CT molecular complexity index is 801. The molecule has 2 rings (SSSR count). The van der Waals surface area contributed by atoms with Gasteiger partial charge in [0.1, 0.15) is 6.61 Å². The average Bonchev–Trinajstić information content (AvgIpc) is 2.96. The van der Waals surface area contributed by atoms with Gasteiger partial charge in [0.25, 0.3) is 0 Å². The van der Waals surface area contributed by atoms with E-state index in [1.165, 1.54) is 89.9 Å². The lowest BCUT2D eigenvalue weighted by molar-refractivity contribution is -0.117. The molecule has 1 N–H and O–H groups in total. The van der Waals surface area contributed by atoms with Gasteiger partial charge in [-0.3, -0.25) is 9.69 Å². The number of nitrogens with one attached hydrogen (secondary N) is 1. The second-order valence-electron chi connectivity index (χ2n) is 11.9. The van der Waals surface area contributed by atoms with E-state index in [0.29, 0.717) is 18.4 Å². The molecule has 0 spiro atoms. The van der Waals surface area contributed by atoms with Gasteiger partial charge in [0, 0.05) is 18.7 Å². The predicted molar refractivity (Wildman–Crippen MR) is 170 cm³/mol. The summed E-state index contributed by atoms with van der Waals surface area (Å²) < 4.78 is 11.8. The van der Waals surface area contributed by atoms with Gasteiger partial charge < -0.3 is 14.8 Å². The van der Waals surface area contributed by atoms with Crippen LogP contribution >= 0.6 is 0 Å². The van der Waals surface area contributed by atoms with E-state index < -0.39 is 0 Å². The monoisotopic (exact) mass is 556 g/mol. The summed E-state index contributed by atoms with van der Waals surface area (Å²) in [6.07, 6.45) is 24.0. The molecule has 1 saturated carbocycles. The lowest BCUT2D eigenvalue weighted by Crippen LogP contribution is -2.36. The minimum atomic E-state index is -0.0188. The van der Waals surface area contributed by atoms with Crippen LogP contribution < -0.4 is 14.8 Å². The Balaban J connectivity index is 1.81. The number of amides is 1. The maximum atomic E-state index is 12.4. The molecule has 5 nitrogen and oxygen atoms in total. The van der Waals surface area contributed by atoms with Crippen molar-refractivity contribution in [1.82, 2.24) is 10.2 Å². The average molecular weight is 557 g/mol. The molecule has 1 aromatic rings. The number of hydrogen-bond acceptors (Lipinski definition) is 4. The smallest absolute Gasteiger partial charge is 0.244 e. The molecule has 0 unspecified atom stereocenters. The first-order valence-corrected chi connectivity index (χ1v) is 16.6. The summed E-state index contributed by atoms with van der Waals surface area (Å²) in [6, 6.07) is 6.21. The maximum Gasteiger partial charge on any atom is 0.244 e. The number of methoxy groups -OCH3 is 1. The molecule has 0 heterocycles. The molecule has 0 saturated heterocycles. The van der Waals surface area contributed by atoms with Crippen LogP contribution in [0.1, 0.15) is 129 Å². The number of hydrogen-bond donors (Lipinski definition) is 1. The second-order valence-corrected chi connectivity index (χ2v) is 11.9. The van der Waals surface area contributed by atoms with E-state index >= 15 is 0 Å². The fourth-order valence-electron chi connectivity index (χ4n) is 5.58. The summed E-state index contributed by atoms with van der Waals surface area (Å²) in [5, 5.41) is 3.16. The number of rotatable bonds is 22. The highest BCUT2D eigenvalue weighted by Gasteiger charge is 2.18. The van der Waals surface area contributed by atoms with Crippen LogP contribution in [0.2, 0.25) is 0 Å². The van der Waals surface area contributed by atoms with Crippen LogP contribution in [0.15, 0.2) is 24.3 Å². The molecule has 1 fully saturated rings. The molecule has 1 aliphatic carbocycles. The largest absolute Gasteiger partial charge is 0.493 e. The zero-order valence-electron chi connectivity index (χ0n) is 26.4. The Morgan fingerprint density at radius 2 is 1.45 bits per heavy atom. The number of benzene rings is 1. The molecule has 1 aliphatic rings. The van der Waals surface area contributed by atoms with E-state index in [2.05, 4.69) is 31.0 Å². The molecule has 1 aromatic carbocycles. The molecular formula is C35H60N2O3. The molecule has 1 amide bonds. The molecular weight excluding hydrogens is 496 g/mol. The third kappa shape index (κ3) is 15.1. The first-order chi connectivity index (χ1) is 19.5. The van der Waals surface area contributed by atoms with E-state index in [0.717, 1.165) is 49.7 Å². The van der Waals surface area contributed by atoms with Crippen LogP contribution in [0.3, 0.4) is 0 Å². The van der Waals surface area contributed by atoms with Gasteiger partial charge in [-0.05, 0) is 81.3 Å². The van der Waals surface area contributed by atoms with Gasteiger partial charge in [-0.25, -0.2) is 0 Å². The van der Waals surface area contributed by atoms with Crippen molar-refractivity contribution in [3.8, 4) is 11.5 Å². The lowest BCUT2D eigenvalue weighted by Gasteiger charge is -2.26. The van der Waals surface area contributed by atoms with Crippen molar-refractivity contribution < 1.29 is 14.3 Å². The van der Waals surface area contributed by atoms with Gasteiger partial charge in [0.05, 0.1) is 7.11 Å². The highest BCUT2D eigenvalue weighted by molar-refractivity contribution is 5.92. The normalized spacial score (nSPS) is 17.4. The summed E-state index contributed by atoms with van der Waals surface area (Å²) in [6.45, 7) is 10.8. The SMILES string of the molecule is CCCCCCCCN(CCCCCCCC)CCOc1ccc(/C=C/C(=O)N[C@H]2CC[C@H](C)CC2)cc1OC. The lowest BCUT2D eigenvalue weighted by atomic mass is 9.87. The standard InChI is InChI=1S/C35H60N2O3/c1-5-7-9-11-13-15-25-37(26-16-14-12-10-8-6-2)27-28-40-33-23-19-31(29-34(33)39-4)20-24-35(38)36-32-21-17-30(3)18-22-32/h19-20,23-24,29-30,32H,5-18,21-22,25-28H2,1-4H3,(H,36,38)/b24-20+/t30-,32-. The zero-order chi connectivity index (χ0) is 28.8. The van der Waals surface area contributed by atoms with Gasteiger partial charge in [-0.1, -0.05) is 91.0 Å². The quantitative estimate of drug-likeness (QED) is 0.114. The van der Waals surface area contributed by atoms with Crippen molar-refractivity contribution in [2.24, 2.45) is 5.92 Å². The third-order valence-electron chi connectivity index (χ3n) is 8.30. The topological polar surface area (TPSA) is 50.8 Å². The van der Waals surface area contributed by atoms with Gasteiger partial charge in [0.15, 0.2) is 11.5 Å². The Labute approximate surface area is 246 Å². The Hall–Kier alpha value is -2.01. The van der Waals surface area contributed by atoms with E-state index in [-0.39, 0.29) is 5.91 Å². The summed E-state index contributed by atoms with van der Waals surface area (Å²) in [5.41, 5.74) is 0.935. The van der Waals surface area contributed by atoms with Crippen molar-refractivity contribution in [3.05, 3.63) is 29.8 Å². The third-order valence-corrected chi connectivity index (χ3v) is 8.30. The number of nitrogens with zero attached hydrogens (tertiary/aromatic N) is 1. The van der Waals surface area contributed by atoms with E-state index in [1.54, 1.807) is 13.2 Å². The van der Waals surface area contributed by atoms with Crippen LogP contribution in [0.5, 0.6) is 11.5 Å². The number of carbonyl (C=O) groups excluding carboxylic acids is 1. The first-order valence-electron chi connectivity index (χ1n) is 16.6. The van der Waals surface area contributed by atoms with Crippen molar-refractivity contribution in [3.63, 3.8) is 0 Å². The molecule has 0 aliphatic heterocycles.